The van der Waals surface area contributed by atoms with Crippen molar-refractivity contribution in [1.29, 1.82) is 5.41 Å². The van der Waals surface area contributed by atoms with Gasteiger partial charge in [0.25, 0.3) is 0 Å². The summed E-state index contributed by atoms with van der Waals surface area (Å²) in [6.07, 6.45) is 2.63. The van der Waals surface area contributed by atoms with Crippen molar-refractivity contribution in [3.63, 3.8) is 0 Å². The van der Waals surface area contributed by atoms with Crippen molar-refractivity contribution in [1.82, 2.24) is 25.5 Å². The molecule has 0 unspecified atom stereocenters. The molecule has 0 saturated heterocycles. The number of rotatable bonds is 6. The minimum atomic E-state index is -1.30. The van der Waals surface area contributed by atoms with Gasteiger partial charge in [-0.25, -0.2) is 19.2 Å². The number of carboxylic acid groups (broad SMARTS) is 1. The lowest BCUT2D eigenvalue weighted by atomic mass is 9.90. The molecule has 3 amide bonds. The van der Waals surface area contributed by atoms with Crippen molar-refractivity contribution in [2.24, 2.45) is 5.41 Å². The van der Waals surface area contributed by atoms with Crippen LogP contribution in [0.25, 0.3) is 11.0 Å². The third kappa shape index (κ3) is 6.07. The molecule has 0 atom stereocenters. The summed E-state index contributed by atoms with van der Waals surface area (Å²) in [5, 5.41) is 29.5. The number of aromatic nitrogens is 4. The van der Waals surface area contributed by atoms with Gasteiger partial charge in [-0.15, -0.1) is 0 Å². The number of aromatic amines is 1. The van der Waals surface area contributed by atoms with Crippen LogP contribution in [0.4, 0.5) is 19.7 Å². The van der Waals surface area contributed by atoms with Crippen LogP contribution in [0.1, 0.15) is 20.8 Å². The summed E-state index contributed by atoms with van der Waals surface area (Å²) in [7, 11) is 0. The average Bonchev–Trinajstić information content (AvgIpc) is 3.18. The minimum absolute atomic E-state index is 0.0917. The van der Waals surface area contributed by atoms with Crippen molar-refractivity contribution < 1.29 is 29.1 Å². The standard InChI is InChI=1S/C20H21FN8O4/c1-20(2,3)14(22)7-15(28-19(31)32)27-18(30)26-10-4-5-13(12(21)6-10)33-17-11-8-25-29-16(11)23-9-24-17/h4-9,22,28H,1-3H3,(H,31,32)(H2,26,27,30)(H,23,24,25,29)/p+1/b15-7-,22-14?. The SMILES string of the molecule is CC(C)(C)C(=N)/C=C(/NC(=O)Nc1ccc(Oc2ncnc3[nH]ncc23)c(F)c1)[NH2+]C(=O)O. The predicted octanol–water partition coefficient (Wildman–Crippen LogP) is 2.55. The smallest absolute Gasteiger partial charge is 0.435 e. The lowest BCUT2D eigenvalue weighted by Gasteiger charge is -2.17. The molecule has 172 valence electrons. The fraction of sp³-hybridized carbons (Fsp3) is 0.200. The van der Waals surface area contributed by atoms with Crippen LogP contribution in [0.15, 0.2) is 42.6 Å². The maximum atomic E-state index is 14.6. The number of ether oxygens (including phenoxy) is 1. The number of fused-ring (bicyclic) bond motifs is 1. The highest BCUT2D eigenvalue weighted by Gasteiger charge is 2.20. The van der Waals surface area contributed by atoms with Crippen LogP contribution >= 0.6 is 0 Å². The van der Waals surface area contributed by atoms with Gasteiger partial charge in [0.2, 0.25) is 11.7 Å². The van der Waals surface area contributed by atoms with Crippen molar-refractivity contribution >= 4 is 34.6 Å². The number of halogens is 1. The molecule has 3 aromatic rings. The van der Waals surface area contributed by atoms with Crippen molar-refractivity contribution in [3.8, 4) is 11.6 Å². The van der Waals surface area contributed by atoms with Gasteiger partial charge in [-0.1, -0.05) is 20.8 Å². The number of anilines is 1. The molecule has 0 spiro atoms. The molecule has 1 aromatic carbocycles. The zero-order valence-corrected chi connectivity index (χ0v) is 17.9. The fourth-order valence-corrected chi connectivity index (χ4v) is 2.50. The van der Waals surface area contributed by atoms with Crippen LogP contribution < -0.4 is 20.7 Å². The van der Waals surface area contributed by atoms with Gasteiger partial charge in [-0.05, 0) is 12.1 Å². The van der Waals surface area contributed by atoms with Crippen LogP contribution in [0, 0.1) is 16.6 Å². The minimum Gasteiger partial charge on any atom is -0.435 e. The zero-order valence-electron chi connectivity index (χ0n) is 17.9. The Morgan fingerprint density at radius 3 is 2.73 bits per heavy atom. The molecular formula is C20H22FN8O4+. The largest absolute Gasteiger partial charge is 0.516 e. The first-order chi connectivity index (χ1) is 15.5. The van der Waals surface area contributed by atoms with E-state index in [1.807, 2.05) is 0 Å². The first-order valence-electron chi connectivity index (χ1n) is 9.61. The molecule has 0 bridgehead atoms. The van der Waals surface area contributed by atoms with Gasteiger partial charge < -0.3 is 20.6 Å². The molecule has 33 heavy (non-hydrogen) atoms. The fourth-order valence-electron chi connectivity index (χ4n) is 2.50. The lowest BCUT2D eigenvalue weighted by molar-refractivity contribution is -0.521. The first kappa shape index (κ1) is 23.3. The zero-order chi connectivity index (χ0) is 24.2. The Balaban J connectivity index is 1.71. The first-order valence-corrected chi connectivity index (χ1v) is 9.61. The lowest BCUT2D eigenvalue weighted by Crippen LogP contribution is -2.88. The van der Waals surface area contributed by atoms with E-state index in [9.17, 15) is 14.0 Å². The monoisotopic (exact) mass is 457 g/mol. The number of H-pyrrole nitrogens is 1. The van der Waals surface area contributed by atoms with Crippen molar-refractivity contribution in [2.75, 3.05) is 5.32 Å². The van der Waals surface area contributed by atoms with Crippen molar-refractivity contribution in [2.45, 2.75) is 20.8 Å². The molecule has 0 fully saturated rings. The van der Waals surface area contributed by atoms with Gasteiger partial charge in [0.15, 0.2) is 17.2 Å². The number of nitrogens with one attached hydrogen (secondary N) is 4. The normalized spacial score (nSPS) is 11.8. The highest BCUT2D eigenvalue weighted by atomic mass is 19.1. The second kappa shape index (κ2) is 9.40. The number of allylic oxidation sites excluding steroid dienone is 1. The summed E-state index contributed by atoms with van der Waals surface area (Å²) >= 11 is 0. The molecule has 3 rings (SSSR count). The van der Waals surface area contributed by atoms with E-state index >= 15 is 0 Å². The third-order valence-electron chi connectivity index (χ3n) is 4.25. The molecule has 12 nitrogen and oxygen atoms in total. The number of primary amides is 1. The third-order valence-corrected chi connectivity index (χ3v) is 4.25. The van der Waals surface area contributed by atoms with E-state index in [1.165, 1.54) is 30.7 Å². The summed E-state index contributed by atoms with van der Waals surface area (Å²) in [6.45, 7) is 5.32. The number of carbonyl (C=O) groups is 2. The molecule has 0 aliphatic rings. The van der Waals surface area contributed by atoms with Gasteiger partial charge in [-0.2, -0.15) is 15.2 Å². The summed E-state index contributed by atoms with van der Waals surface area (Å²) in [6, 6.07) is 2.91. The number of hydrogen-bond acceptors (Lipinski definition) is 7. The molecule has 0 saturated carbocycles. The van der Waals surface area contributed by atoms with Gasteiger partial charge in [0.05, 0.1) is 6.20 Å². The molecule has 2 aromatic heterocycles. The van der Waals surface area contributed by atoms with Crippen molar-refractivity contribution in [3.05, 3.63) is 48.4 Å². The number of benzene rings is 1. The van der Waals surface area contributed by atoms with Gasteiger partial charge in [0.1, 0.15) is 11.7 Å². The topological polar surface area (TPSA) is 183 Å². The molecular weight excluding hydrogens is 435 g/mol. The molecule has 0 aliphatic heterocycles. The summed E-state index contributed by atoms with van der Waals surface area (Å²) in [4.78, 5) is 31.3. The van der Waals surface area contributed by atoms with E-state index in [0.717, 1.165) is 11.4 Å². The Bertz CT molecular complexity index is 1250. The Morgan fingerprint density at radius 1 is 1.30 bits per heavy atom. The maximum Gasteiger partial charge on any atom is 0.516 e. The average molecular weight is 457 g/mol. The van der Waals surface area contributed by atoms with E-state index < -0.39 is 23.4 Å². The van der Waals surface area contributed by atoms with Gasteiger partial charge in [-0.3, -0.25) is 10.4 Å². The predicted molar refractivity (Wildman–Crippen MR) is 116 cm³/mol. The second-order valence-corrected chi connectivity index (χ2v) is 7.88. The van der Waals surface area contributed by atoms with Crippen LogP contribution in [-0.4, -0.2) is 43.1 Å². The number of quaternary nitrogens is 1. The number of nitrogens with two attached hydrogens (primary N) is 1. The highest BCUT2D eigenvalue weighted by molar-refractivity contribution is 5.98. The highest BCUT2D eigenvalue weighted by Crippen LogP contribution is 2.29. The van der Waals surface area contributed by atoms with E-state index in [1.54, 1.807) is 20.8 Å². The van der Waals surface area contributed by atoms with Crippen LogP contribution in [0.3, 0.4) is 0 Å². The number of carbonyl (C=O) groups excluding carboxylic acids is 1. The van der Waals surface area contributed by atoms with E-state index in [2.05, 4.69) is 30.8 Å². The molecule has 0 aliphatic carbocycles. The number of urea groups is 1. The van der Waals surface area contributed by atoms with Crippen LogP contribution in [0.2, 0.25) is 0 Å². The van der Waals surface area contributed by atoms with Gasteiger partial charge >= 0.3 is 12.1 Å². The Labute approximate surface area is 186 Å². The molecule has 7 N–H and O–H groups in total. The van der Waals surface area contributed by atoms with E-state index in [4.69, 9.17) is 15.3 Å². The summed E-state index contributed by atoms with van der Waals surface area (Å²) < 4.78 is 20.1. The van der Waals surface area contributed by atoms with Crippen LogP contribution in [-0.2, 0) is 0 Å². The number of nitrogens with zero attached hydrogens (tertiary/aromatic N) is 3. The summed E-state index contributed by atoms with van der Waals surface area (Å²) in [5.41, 5.74) is 0.0748. The maximum absolute atomic E-state index is 14.6. The van der Waals surface area contributed by atoms with E-state index in [0.29, 0.717) is 11.0 Å². The molecule has 0 radical (unpaired) electrons. The van der Waals surface area contributed by atoms with E-state index in [-0.39, 0.29) is 28.8 Å². The molecule has 13 heteroatoms. The quantitative estimate of drug-likeness (QED) is 0.307. The number of amides is 3. The Hall–Kier alpha value is -4.39. The van der Waals surface area contributed by atoms with Crippen LogP contribution in [0.5, 0.6) is 11.6 Å². The van der Waals surface area contributed by atoms with Gasteiger partial charge in [0, 0.05) is 29.0 Å². The Kier molecular flexibility index (Phi) is 6.63. The number of hydrogen-bond donors (Lipinski definition) is 6. The molecule has 2 heterocycles. The second-order valence-electron chi connectivity index (χ2n) is 7.88. The summed E-state index contributed by atoms with van der Waals surface area (Å²) in [5.74, 6) is -0.911. The Morgan fingerprint density at radius 2 is 2.06 bits per heavy atom.